The van der Waals surface area contributed by atoms with E-state index in [-0.39, 0.29) is 41.5 Å². The first-order valence-electron chi connectivity index (χ1n) is 12.2. The number of hydrogen-bond acceptors (Lipinski definition) is 4. The lowest BCUT2D eigenvalue weighted by Crippen LogP contribution is -2.54. The van der Waals surface area contributed by atoms with Gasteiger partial charge in [-0.3, -0.25) is 9.79 Å². The molecule has 3 rings (SSSR count). The van der Waals surface area contributed by atoms with Gasteiger partial charge in [0.05, 0.1) is 6.54 Å². The van der Waals surface area contributed by atoms with Crippen LogP contribution in [0.25, 0.3) is 0 Å². The van der Waals surface area contributed by atoms with E-state index in [9.17, 15) is 4.79 Å². The number of rotatable bonds is 8. The third kappa shape index (κ3) is 8.40. The van der Waals surface area contributed by atoms with Crippen LogP contribution >= 0.6 is 24.0 Å². The molecule has 2 saturated heterocycles. The Morgan fingerprint density at radius 1 is 1.21 bits per heavy atom. The SMILES string of the molecule is CCNC(=NCC1(NC(C)c2ccccc2)CCOCC1)N1CCC(CC(=O)NC)CC1.I. The average Bonchev–Trinajstić information content (AvgIpc) is 2.83. The molecular formula is C25H42IN5O2. The number of carbonyl (C=O) groups is 1. The molecule has 7 nitrogen and oxygen atoms in total. The predicted molar refractivity (Wildman–Crippen MR) is 145 cm³/mol. The molecular weight excluding hydrogens is 529 g/mol. The summed E-state index contributed by atoms with van der Waals surface area (Å²) in [6.07, 6.45) is 4.60. The van der Waals surface area contributed by atoms with Crippen molar-refractivity contribution < 1.29 is 9.53 Å². The fraction of sp³-hybridized carbons (Fsp3) is 0.680. The number of benzene rings is 1. The molecule has 0 spiro atoms. The minimum absolute atomic E-state index is 0. The number of likely N-dealkylation sites (tertiary alicyclic amines) is 1. The molecule has 0 aromatic heterocycles. The Hall–Kier alpha value is -1.39. The number of ether oxygens (including phenoxy) is 1. The summed E-state index contributed by atoms with van der Waals surface area (Å²) in [6.45, 7) is 9.35. The largest absolute Gasteiger partial charge is 0.381 e. The van der Waals surface area contributed by atoms with Gasteiger partial charge < -0.3 is 25.6 Å². The molecule has 186 valence electrons. The lowest BCUT2D eigenvalue weighted by Gasteiger charge is -2.40. The molecule has 2 aliphatic rings. The Bertz CT molecular complexity index is 732. The standard InChI is InChI=1S/C25H41N5O2.HI/c1-4-27-24(30-14-10-21(11-15-30)18-23(31)26-3)28-19-25(12-16-32-17-13-25)29-20(2)22-8-6-5-7-9-22;/h5-9,20-21,29H,4,10-19H2,1-3H3,(H,26,31)(H,27,28);1H. The quantitative estimate of drug-likeness (QED) is 0.254. The molecule has 1 aromatic carbocycles. The summed E-state index contributed by atoms with van der Waals surface area (Å²) in [4.78, 5) is 19.2. The van der Waals surface area contributed by atoms with E-state index in [0.29, 0.717) is 12.3 Å². The van der Waals surface area contributed by atoms with E-state index < -0.39 is 0 Å². The number of carbonyl (C=O) groups excluding carboxylic acids is 1. The topological polar surface area (TPSA) is 78.0 Å². The Labute approximate surface area is 216 Å². The highest BCUT2D eigenvalue weighted by Crippen LogP contribution is 2.26. The van der Waals surface area contributed by atoms with E-state index in [1.807, 2.05) is 0 Å². The second kappa shape index (κ2) is 14.1. The normalized spacial score (nSPS) is 20.0. The van der Waals surface area contributed by atoms with Crippen molar-refractivity contribution in [3.63, 3.8) is 0 Å². The molecule has 0 saturated carbocycles. The summed E-state index contributed by atoms with van der Waals surface area (Å²) in [5.74, 6) is 1.60. The first-order chi connectivity index (χ1) is 15.5. The van der Waals surface area contributed by atoms with Crippen LogP contribution in [-0.2, 0) is 9.53 Å². The van der Waals surface area contributed by atoms with Crippen molar-refractivity contribution >= 4 is 35.8 Å². The molecule has 2 fully saturated rings. The maximum atomic E-state index is 11.7. The molecule has 0 radical (unpaired) electrons. The van der Waals surface area contributed by atoms with Gasteiger partial charge in [0.1, 0.15) is 0 Å². The highest BCUT2D eigenvalue weighted by Gasteiger charge is 2.34. The third-order valence-corrected chi connectivity index (χ3v) is 6.81. The number of halogens is 1. The van der Waals surface area contributed by atoms with Gasteiger partial charge in [-0.05, 0) is 51.0 Å². The van der Waals surface area contributed by atoms with Crippen LogP contribution < -0.4 is 16.0 Å². The number of amides is 1. The van der Waals surface area contributed by atoms with Gasteiger partial charge in [-0.25, -0.2) is 0 Å². The van der Waals surface area contributed by atoms with Crippen LogP contribution in [0.2, 0.25) is 0 Å². The average molecular weight is 572 g/mol. The van der Waals surface area contributed by atoms with Gasteiger partial charge in [-0.15, -0.1) is 24.0 Å². The number of piperidine rings is 1. The van der Waals surface area contributed by atoms with Crippen LogP contribution in [0, 0.1) is 5.92 Å². The van der Waals surface area contributed by atoms with Crippen LogP contribution in [0.5, 0.6) is 0 Å². The molecule has 33 heavy (non-hydrogen) atoms. The van der Waals surface area contributed by atoms with E-state index in [0.717, 1.165) is 71.0 Å². The number of hydrogen-bond donors (Lipinski definition) is 3. The second-order valence-corrected chi connectivity index (χ2v) is 9.15. The summed E-state index contributed by atoms with van der Waals surface area (Å²) in [7, 11) is 1.71. The van der Waals surface area contributed by atoms with Crippen LogP contribution in [0.3, 0.4) is 0 Å². The zero-order valence-electron chi connectivity index (χ0n) is 20.4. The molecule has 2 heterocycles. The Kier molecular flexibility index (Phi) is 11.9. The maximum Gasteiger partial charge on any atom is 0.220 e. The van der Waals surface area contributed by atoms with E-state index in [2.05, 4.69) is 65.0 Å². The van der Waals surface area contributed by atoms with Crippen LogP contribution in [0.4, 0.5) is 0 Å². The zero-order valence-corrected chi connectivity index (χ0v) is 22.8. The minimum atomic E-state index is -0.0638. The predicted octanol–water partition coefficient (Wildman–Crippen LogP) is 3.32. The second-order valence-electron chi connectivity index (χ2n) is 9.15. The monoisotopic (exact) mass is 571 g/mol. The fourth-order valence-electron chi connectivity index (χ4n) is 4.76. The highest BCUT2D eigenvalue weighted by molar-refractivity contribution is 14.0. The number of aliphatic imine (C=N–C) groups is 1. The Balaban J connectivity index is 0.00000385. The van der Waals surface area contributed by atoms with Crippen LogP contribution in [0.15, 0.2) is 35.3 Å². The van der Waals surface area contributed by atoms with Crippen molar-refractivity contribution in [2.75, 3.05) is 46.4 Å². The van der Waals surface area contributed by atoms with Gasteiger partial charge in [-0.2, -0.15) is 0 Å². The first kappa shape index (κ1) is 27.9. The van der Waals surface area contributed by atoms with E-state index >= 15 is 0 Å². The van der Waals surface area contributed by atoms with Crippen molar-refractivity contribution in [1.82, 2.24) is 20.9 Å². The molecule has 2 aliphatic heterocycles. The lowest BCUT2D eigenvalue weighted by atomic mass is 9.88. The summed E-state index contributed by atoms with van der Waals surface area (Å²) in [5.41, 5.74) is 1.23. The Morgan fingerprint density at radius 2 is 1.88 bits per heavy atom. The first-order valence-corrected chi connectivity index (χ1v) is 12.2. The van der Waals surface area contributed by atoms with Gasteiger partial charge in [0, 0.05) is 57.9 Å². The number of nitrogens with one attached hydrogen (secondary N) is 3. The summed E-state index contributed by atoms with van der Waals surface area (Å²) in [6, 6.07) is 10.9. The summed E-state index contributed by atoms with van der Waals surface area (Å²) >= 11 is 0. The van der Waals surface area contributed by atoms with Gasteiger partial charge in [-0.1, -0.05) is 30.3 Å². The maximum absolute atomic E-state index is 11.7. The smallest absolute Gasteiger partial charge is 0.220 e. The lowest BCUT2D eigenvalue weighted by molar-refractivity contribution is -0.121. The van der Waals surface area contributed by atoms with E-state index in [4.69, 9.17) is 9.73 Å². The van der Waals surface area contributed by atoms with Crippen molar-refractivity contribution in [1.29, 1.82) is 0 Å². The Morgan fingerprint density at radius 3 is 2.48 bits per heavy atom. The van der Waals surface area contributed by atoms with Crippen molar-refractivity contribution in [3.05, 3.63) is 35.9 Å². The fourth-order valence-corrected chi connectivity index (χ4v) is 4.76. The summed E-state index contributed by atoms with van der Waals surface area (Å²) in [5, 5.41) is 10.2. The van der Waals surface area contributed by atoms with Gasteiger partial charge >= 0.3 is 0 Å². The minimum Gasteiger partial charge on any atom is -0.381 e. The number of nitrogens with zero attached hydrogens (tertiary/aromatic N) is 2. The molecule has 1 amide bonds. The molecule has 1 unspecified atom stereocenters. The highest BCUT2D eigenvalue weighted by atomic mass is 127. The van der Waals surface area contributed by atoms with E-state index in [1.54, 1.807) is 7.05 Å². The summed E-state index contributed by atoms with van der Waals surface area (Å²) < 4.78 is 5.69. The molecule has 8 heteroatoms. The zero-order chi connectivity index (χ0) is 22.8. The van der Waals surface area contributed by atoms with Crippen molar-refractivity contribution in [2.45, 2.75) is 57.5 Å². The van der Waals surface area contributed by atoms with Crippen LogP contribution in [0.1, 0.15) is 57.6 Å². The molecule has 3 N–H and O–H groups in total. The van der Waals surface area contributed by atoms with Crippen molar-refractivity contribution in [2.24, 2.45) is 10.9 Å². The van der Waals surface area contributed by atoms with Crippen molar-refractivity contribution in [3.8, 4) is 0 Å². The number of guanidine groups is 1. The molecule has 0 aliphatic carbocycles. The van der Waals surface area contributed by atoms with Gasteiger partial charge in [0.15, 0.2) is 5.96 Å². The van der Waals surface area contributed by atoms with Gasteiger partial charge in [0.2, 0.25) is 5.91 Å². The molecule has 1 atom stereocenters. The molecule has 0 bridgehead atoms. The molecule has 1 aromatic rings. The van der Waals surface area contributed by atoms with Crippen LogP contribution in [-0.4, -0.2) is 68.7 Å². The third-order valence-electron chi connectivity index (χ3n) is 6.81. The van der Waals surface area contributed by atoms with E-state index in [1.165, 1.54) is 5.56 Å². The van der Waals surface area contributed by atoms with Gasteiger partial charge in [0.25, 0.3) is 0 Å².